The van der Waals surface area contributed by atoms with Gasteiger partial charge in [-0.1, -0.05) is 30.3 Å². The van der Waals surface area contributed by atoms with E-state index < -0.39 is 0 Å². The number of hydrogen-bond donors (Lipinski definition) is 1. The number of thiophene rings is 1. The number of piperidine rings is 2. The standard InChI is InChI=1S/C23H29N5S/c1-27-11-9-19(10-12-27)28-13-7-18(8-14-28)26-22-20-15-21(17-5-3-2-4-6-17)29-23(20)25-16-24-22/h2-6,15-16,18-19H,7-14H2,1H3,(H,24,25,26). The van der Waals surface area contributed by atoms with Crippen LogP contribution in [0.4, 0.5) is 5.82 Å². The van der Waals surface area contributed by atoms with Gasteiger partial charge < -0.3 is 15.1 Å². The minimum absolute atomic E-state index is 0.496. The Morgan fingerprint density at radius 1 is 0.966 bits per heavy atom. The molecule has 1 aromatic carbocycles. The lowest BCUT2D eigenvalue weighted by molar-refractivity contribution is 0.0994. The van der Waals surface area contributed by atoms with Crippen LogP contribution in [-0.2, 0) is 0 Å². The number of benzene rings is 1. The van der Waals surface area contributed by atoms with Crippen molar-refractivity contribution in [3.8, 4) is 10.4 Å². The highest BCUT2D eigenvalue weighted by Crippen LogP contribution is 2.35. The maximum atomic E-state index is 4.59. The van der Waals surface area contributed by atoms with Gasteiger partial charge in [-0.25, -0.2) is 9.97 Å². The van der Waals surface area contributed by atoms with Crippen LogP contribution < -0.4 is 5.32 Å². The summed E-state index contributed by atoms with van der Waals surface area (Å²) in [6, 6.07) is 14.1. The van der Waals surface area contributed by atoms with Gasteiger partial charge >= 0.3 is 0 Å². The van der Waals surface area contributed by atoms with Crippen LogP contribution in [0.15, 0.2) is 42.7 Å². The average molecular weight is 408 g/mol. The van der Waals surface area contributed by atoms with Crippen molar-refractivity contribution in [2.45, 2.75) is 37.8 Å². The fourth-order valence-electron chi connectivity index (χ4n) is 4.68. The summed E-state index contributed by atoms with van der Waals surface area (Å²) < 4.78 is 0. The van der Waals surface area contributed by atoms with E-state index in [0.717, 1.165) is 22.1 Å². The van der Waals surface area contributed by atoms with Crippen molar-refractivity contribution in [3.05, 3.63) is 42.7 Å². The summed E-state index contributed by atoms with van der Waals surface area (Å²) in [7, 11) is 2.24. The van der Waals surface area contributed by atoms with Crippen molar-refractivity contribution in [1.29, 1.82) is 0 Å². The molecule has 1 N–H and O–H groups in total. The molecule has 0 amide bonds. The molecule has 0 atom stereocenters. The van der Waals surface area contributed by atoms with Crippen LogP contribution in [0.25, 0.3) is 20.7 Å². The van der Waals surface area contributed by atoms with E-state index in [9.17, 15) is 0 Å². The van der Waals surface area contributed by atoms with Gasteiger partial charge in [-0.3, -0.25) is 0 Å². The van der Waals surface area contributed by atoms with Crippen LogP contribution in [0.3, 0.4) is 0 Å². The highest BCUT2D eigenvalue weighted by Gasteiger charge is 2.27. The minimum Gasteiger partial charge on any atom is -0.367 e. The zero-order valence-corrected chi connectivity index (χ0v) is 17.9. The van der Waals surface area contributed by atoms with Gasteiger partial charge in [0.1, 0.15) is 17.0 Å². The van der Waals surface area contributed by atoms with E-state index in [4.69, 9.17) is 0 Å². The summed E-state index contributed by atoms with van der Waals surface area (Å²) in [5.74, 6) is 0.992. The summed E-state index contributed by atoms with van der Waals surface area (Å²) in [6.07, 6.45) is 6.71. The molecule has 3 aromatic rings. The first-order valence-corrected chi connectivity index (χ1v) is 11.6. The number of anilines is 1. The number of rotatable bonds is 4. The Balaban J connectivity index is 1.26. The molecule has 0 bridgehead atoms. The molecule has 152 valence electrons. The molecule has 5 nitrogen and oxygen atoms in total. The quantitative estimate of drug-likeness (QED) is 0.697. The molecule has 29 heavy (non-hydrogen) atoms. The molecule has 5 rings (SSSR count). The Hall–Kier alpha value is -2.02. The summed E-state index contributed by atoms with van der Waals surface area (Å²) in [6.45, 7) is 4.87. The first-order chi connectivity index (χ1) is 14.3. The van der Waals surface area contributed by atoms with Crippen molar-refractivity contribution in [2.24, 2.45) is 0 Å². The second-order valence-corrected chi connectivity index (χ2v) is 9.44. The molecule has 2 aliphatic rings. The molecule has 2 fully saturated rings. The molecule has 0 unspecified atom stereocenters. The third-order valence-corrected chi connectivity index (χ3v) is 7.55. The van der Waals surface area contributed by atoms with Crippen LogP contribution >= 0.6 is 11.3 Å². The molecule has 4 heterocycles. The van der Waals surface area contributed by atoms with Gasteiger partial charge in [0, 0.05) is 30.1 Å². The third kappa shape index (κ3) is 4.15. The van der Waals surface area contributed by atoms with E-state index >= 15 is 0 Å². The molecule has 0 radical (unpaired) electrons. The highest BCUT2D eigenvalue weighted by molar-refractivity contribution is 7.21. The zero-order valence-electron chi connectivity index (χ0n) is 17.1. The van der Waals surface area contributed by atoms with Crippen molar-refractivity contribution in [1.82, 2.24) is 19.8 Å². The van der Waals surface area contributed by atoms with E-state index in [0.29, 0.717) is 6.04 Å². The maximum Gasteiger partial charge on any atom is 0.138 e. The summed E-state index contributed by atoms with van der Waals surface area (Å²) in [4.78, 5) is 16.6. The summed E-state index contributed by atoms with van der Waals surface area (Å²) >= 11 is 1.74. The van der Waals surface area contributed by atoms with Crippen molar-refractivity contribution < 1.29 is 0 Å². The van der Waals surface area contributed by atoms with Crippen LogP contribution in [-0.4, -0.2) is 65.1 Å². The van der Waals surface area contributed by atoms with Gasteiger partial charge in [-0.2, -0.15) is 0 Å². The van der Waals surface area contributed by atoms with E-state index in [2.05, 4.69) is 68.5 Å². The fourth-order valence-corrected chi connectivity index (χ4v) is 5.68. The highest BCUT2D eigenvalue weighted by atomic mass is 32.1. The van der Waals surface area contributed by atoms with Gasteiger partial charge in [-0.05, 0) is 57.5 Å². The SMILES string of the molecule is CN1CCC(N2CCC(Nc3ncnc4sc(-c5ccccc5)cc34)CC2)CC1. The Labute approximate surface area is 176 Å². The molecule has 2 saturated heterocycles. The summed E-state index contributed by atoms with van der Waals surface area (Å²) in [5.41, 5.74) is 1.24. The van der Waals surface area contributed by atoms with Gasteiger partial charge in [0.05, 0.1) is 5.39 Å². The van der Waals surface area contributed by atoms with Gasteiger partial charge in [-0.15, -0.1) is 11.3 Å². The largest absolute Gasteiger partial charge is 0.367 e. The van der Waals surface area contributed by atoms with E-state index in [1.807, 2.05) is 0 Å². The number of hydrogen-bond acceptors (Lipinski definition) is 6. The lowest BCUT2D eigenvalue weighted by atomic mass is 9.98. The Bertz CT molecular complexity index is 940. The molecule has 2 aromatic heterocycles. The number of likely N-dealkylation sites (tertiary alicyclic amines) is 2. The van der Waals surface area contributed by atoms with Gasteiger partial charge in [0.2, 0.25) is 0 Å². The monoisotopic (exact) mass is 407 g/mol. The average Bonchev–Trinajstić information content (AvgIpc) is 3.21. The first kappa shape index (κ1) is 19.0. The zero-order chi connectivity index (χ0) is 19.6. The molecule has 6 heteroatoms. The predicted octanol–water partition coefficient (Wildman–Crippen LogP) is 4.33. The molecule has 0 aliphatic carbocycles. The Morgan fingerprint density at radius 3 is 2.48 bits per heavy atom. The lowest BCUT2D eigenvalue weighted by Gasteiger charge is -2.41. The minimum atomic E-state index is 0.496. The second kappa shape index (κ2) is 8.38. The fraction of sp³-hybridized carbons (Fsp3) is 0.478. The topological polar surface area (TPSA) is 44.3 Å². The number of fused-ring (bicyclic) bond motifs is 1. The first-order valence-electron chi connectivity index (χ1n) is 10.8. The Kier molecular flexibility index (Phi) is 5.48. The van der Waals surface area contributed by atoms with Crippen LogP contribution in [0.1, 0.15) is 25.7 Å². The van der Waals surface area contributed by atoms with E-state index in [-0.39, 0.29) is 0 Å². The van der Waals surface area contributed by atoms with Crippen molar-refractivity contribution >= 4 is 27.4 Å². The van der Waals surface area contributed by atoms with Crippen LogP contribution in [0.5, 0.6) is 0 Å². The third-order valence-electron chi connectivity index (χ3n) is 6.46. The maximum absolute atomic E-state index is 4.59. The van der Waals surface area contributed by atoms with Crippen LogP contribution in [0, 0.1) is 0 Å². The molecule has 0 spiro atoms. The summed E-state index contributed by atoms with van der Waals surface area (Å²) in [5, 5.41) is 4.89. The number of aromatic nitrogens is 2. The smallest absolute Gasteiger partial charge is 0.138 e. The lowest BCUT2D eigenvalue weighted by Crippen LogP contribution is -2.48. The van der Waals surface area contributed by atoms with Crippen molar-refractivity contribution in [3.63, 3.8) is 0 Å². The predicted molar refractivity (Wildman–Crippen MR) is 122 cm³/mol. The molecular formula is C23H29N5S. The van der Waals surface area contributed by atoms with Crippen molar-refractivity contribution in [2.75, 3.05) is 38.5 Å². The van der Waals surface area contributed by atoms with Gasteiger partial charge in [0.25, 0.3) is 0 Å². The second-order valence-electron chi connectivity index (χ2n) is 8.41. The molecule has 2 aliphatic heterocycles. The van der Waals surface area contributed by atoms with Crippen LogP contribution in [0.2, 0.25) is 0 Å². The van der Waals surface area contributed by atoms with E-state index in [1.54, 1.807) is 17.7 Å². The van der Waals surface area contributed by atoms with E-state index in [1.165, 1.54) is 62.3 Å². The molecular weight excluding hydrogens is 378 g/mol. The number of nitrogens with one attached hydrogen (secondary N) is 1. The van der Waals surface area contributed by atoms with Gasteiger partial charge in [0.15, 0.2) is 0 Å². The normalized spacial score (nSPS) is 20.3. The molecule has 0 saturated carbocycles. The Morgan fingerprint density at radius 2 is 1.72 bits per heavy atom. The number of nitrogens with zero attached hydrogens (tertiary/aromatic N) is 4.